The Balaban J connectivity index is 1.69. The Morgan fingerprint density at radius 2 is 2.42 bits per heavy atom. The molecule has 0 aromatic carbocycles. The normalized spacial score (nSPS) is 31.6. The molecule has 2 aliphatic rings. The average molecular weight is 280 g/mol. The molecule has 0 saturated carbocycles. The summed E-state index contributed by atoms with van der Waals surface area (Å²) in [4.78, 5) is 14.5. The third-order valence-electron chi connectivity index (χ3n) is 3.90. The van der Waals surface area contributed by atoms with E-state index >= 15 is 0 Å². The van der Waals surface area contributed by atoms with E-state index in [9.17, 15) is 4.79 Å². The Bertz CT molecular complexity index is 429. The molecule has 0 unspecified atom stereocenters. The van der Waals surface area contributed by atoms with Crippen LogP contribution in [-0.4, -0.2) is 43.1 Å². The summed E-state index contributed by atoms with van der Waals surface area (Å²) in [6.45, 7) is 5.25. The van der Waals surface area contributed by atoms with Crippen LogP contribution >= 0.6 is 11.3 Å². The molecule has 4 nitrogen and oxygen atoms in total. The van der Waals surface area contributed by atoms with Crippen LogP contribution in [0.5, 0.6) is 0 Å². The molecule has 5 heteroatoms. The largest absolute Gasteiger partial charge is 0.367 e. The highest BCUT2D eigenvalue weighted by Crippen LogP contribution is 2.28. The zero-order valence-corrected chi connectivity index (χ0v) is 12.0. The standard InChI is InChI=1S/C14H20N2O2S/c1-10-7-16(14(17)11-2-4-15-6-11)8-13(18-10)12-3-5-19-9-12/h3,5,9-11,13,15H,2,4,6-8H2,1H3/t10-,11-,13-/m1/s1. The van der Waals surface area contributed by atoms with Crippen LogP contribution in [-0.2, 0) is 9.53 Å². The van der Waals surface area contributed by atoms with E-state index in [1.165, 1.54) is 5.56 Å². The lowest BCUT2D eigenvalue weighted by Gasteiger charge is -2.37. The first-order valence-corrected chi connectivity index (χ1v) is 7.85. The van der Waals surface area contributed by atoms with Crippen LogP contribution in [0.4, 0.5) is 0 Å². The molecule has 1 aromatic heterocycles. The van der Waals surface area contributed by atoms with E-state index in [-0.39, 0.29) is 18.1 Å². The van der Waals surface area contributed by atoms with Crippen LogP contribution in [0.3, 0.4) is 0 Å². The Hall–Kier alpha value is -0.910. The lowest BCUT2D eigenvalue weighted by molar-refractivity contribution is -0.148. The molecule has 3 heterocycles. The fourth-order valence-corrected chi connectivity index (χ4v) is 3.60. The maximum atomic E-state index is 12.5. The summed E-state index contributed by atoms with van der Waals surface area (Å²) < 4.78 is 5.97. The summed E-state index contributed by atoms with van der Waals surface area (Å²) >= 11 is 1.68. The fraction of sp³-hybridized carbons (Fsp3) is 0.643. The number of ether oxygens (including phenoxy) is 1. The van der Waals surface area contributed by atoms with E-state index < -0.39 is 0 Å². The van der Waals surface area contributed by atoms with Gasteiger partial charge in [-0.1, -0.05) is 0 Å². The summed E-state index contributed by atoms with van der Waals surface area (Å²) in [5.74, 6) is 0.453. The maximum absolute atomic E-state index is 12.5. The first kappa shape index (κ1) is 13.1. The van der Waals surface area contributed by atoms with Crippen LogP contribution in [0.25, 0.3) is 0 Å². The van der Waals surface area contributed by atoms with E-state index in [0.29, 0.717) is 12.5 Å². The highest BCUT2D eigenvalue weighted by atomic mass is 32.1. The van der Waals surface area contributed by atoms with Gasteiger partial charge in [-0.15, -0.1) is 0 Å². The predicted octanol–water partition coefficient (Wildman–Crippen LogP) is 1.65. The van der Waals surface area contributed by atoms with Crippen LogP contribution in [0.1, 0.15) is 25.0 Å². The van der Waals surface area contributed by atoms with Gasteiger partial charge in [-0.2, -0.15) is 11.3 Å². The topological polar surface area (TPSA) is 41.6 Å². The SMILES string of the molecule is C[C@@H]1CN(C(=O)[C@@H]2CCNC2)C[C@H](c2ccsc2)O1. The van der Waals surface area contributed by atoms with Gasteiger partial charge in [0.15, 0.2) is 0 Å². The van der Waals surface area contributed by atoms with Crippen molar-refractivity contribution in [1.29, 1.82) is 0 Å². The van der Waals surface area contributed by atoms with Crippen molar-refractivity contribution >= 4 is 17.2 Å². The molecule has 2 fully saturated rings. The third kappa shape index (κ3) is 2.83. The van der Waals surface area contributed by atoms with E-state index in [0.717, 1.165) is 26.1 Å². The zero-order valence-electron chi connectivity index (χ0n) is 11.2. The van der Waals surface area contributed by atoms with Gasteiger partial charge < -0.3 is 15.0 Å². The van der Waals surface area contributed by atoms with Gasteiger partial charge in [-0.25, -0.2) is 0 Å². The van der Waals surface area contributed by atoms with Gasteiger partial charge >= 0.3 is 0 Å². The minimum Gasteiger partial charge on any atom is -0.367 e. The first-order chi connectivity index (χ1) is 9.24. The van der Waals surface area contributed by atoms with Gasteiger partial charge in [0.05, 0.1) is 18.6 Å². The molecule has 2 saturated heterocycles. The Labute approximate surface area is 117 Å². The van der Waals surface area contributed by atoms with Crippen molar-refractivity contribution in [2.75, 3.05) is 26.2 Å². The average Bonchev–Trinajstić information content (AvgIpc) is 3.10. The monoisotopic (exact) mass is 280 g/mol. The zero-order chi connectivity index (χ0) is 13.2. The lowest BCUT2D eigenvalue weighted by Crippen LogP contribution is -2.48. The van der Waals surface area contributed by atoms with Gasteiger partial charge in [0.1, 0.15) is 6.10 Å². The molecule has 0 bridgehead atoms. The van der Waals surface area contributed by atoms with Crippen LogP contribution in [0.15, 0.2) is 16.8 Å². The van der Waals surface area contributed by atoms with Gasteiger partial charge in [-0.05, 0) is 42.3 Å². The van der Waals surface area contributed by atoms with Crippen LogP contribution in [0.2, 0.25) is 0 Å². The number of hydrogen-bond donors (Lipinski definition) is 1. The number of amides is 1. The quantitative estimate of drug-likeness (QED) is 0.895. The summed E-state index contributed by atoms with van der Waals surface area (Å²) in [6, 6.07) is 2.09. The van der Waals surface area contributed by atoms with Crippen molar-refractivity contribution in [1.82, 2.24) is 10.2 Å². The second kappa shape index (κ2) is 5.61. The molecule has 1 aromatic rings. The summed E-state index contributed by atoms with van der Waals surface area (Å²) in [6.07, 6.45) is 1.11. The first-order valence-electron chi connectivity index (χ1n) is 6.91. The summed E-state index contributed by atoms with van der Waals surface area (Å²) in [7, 11) is 0. The molecule has 0 spiro atoms. The van der Waals surface area contributed by atoms with Crippen LogP contribution < -0.4 is 5.32 Å². The third-order valence-corrected chi connectivity index (χ3v) is 4.60. The molecule has 19 heavy (non-hydrogen) atoms. The number of rotatable bonds is 2. The number of carbonyl (C=O) groups excluding carboxylic acids is 1. The molecule has 3 atom stereocenters. The Kier molecular flexibility index (Phi) is 3.86. The van der Waals surface area contributed by atoms with Crippen molar-refractivity contribution in [3.8, 4) is 0 Å². The molecular formula is C14H20N2O2S. The Morgan fingerprint density at radius 1 is 1.53 bits per heavy atom. The van der Waals surface area contributed by atoms with E-state index in [4.69, 9.17) is 4.74 Å². The fourth-order valence-electron chi connectivity index (χ4n) is 2.90. The smallest absolute Gasteiger partial charge is 0.227 e. The number of hydrogen-bond acceptors (Lipinski definition) is 4. The lowest BCUT2D eigenvalue weighted by atomic mass is 10.0. The van der Waals surface area contributed by atoms with Crippen molar-refractivity contribution in [2.45, 2.75) is 25.6 Å². The van der Waals surface area contributed by atoms with E-state index in [2.05, 4.69) is 22.1 Å². The highest BCUT2D eigenvalue weighted by Gasteiger charge is 2.33. The molecule has 104 valence electrons. The van der Waals surface area contributed by atoms with Gasteiger partial charge in [0, 0.05) is 13.1 Å². The van der Waals surface area contributed by atoms with Crippen molar-refractivity contribution in [3.63, 3.8) is 0 Å². The predicted molar refractivity (Wildman–Crippen MR) is 75.2 cm³/mol. The minimum absolute atomic E-state index is 0.0355. The number of nitrogens with zero attached hydrogens (tertiary/aromatic N) is 1. The molecule has 0 aliphatic carbocycles. The number of thiophene rings is 1. The highest BCUT2D eigenvalue weighted by molar-refractivity contribution is 7.07. The summed E-state index contributed by atoms with van der Waals surface area (Å²) in [5.41, 5.74) is 1.19. The summed E-state index contributed by atoms with van der Waals surface area (Å²) in [5, 5.41) is 7.44. The van der Waals surface area contributed by atoms with Crippen LogP contribution in [0, 0.1) is 5.92 Å². The molecule has 1 N–H and O–H groups in total. The molecule has 0 radical (unpaired) electrons. The second-order valence-electron chi connectivity index (χ2n) is 5.42. The van der Waals surface area contributed by atoms with Gasteiger partial charge in [0.25, 0.3) is 0 Å². The van der Waals surface area contributed by atoms with Gasteiger partial charge in [-0.3, -0.25) is 4.79 Å². The van der Waals surface area contributed by atoms with E-state index in [1.807, 2.05) is 11.8 Å². The van der Waals surface area contributed by atoms with Gasteiger partial charge in [0.2, 0.25) is 5.91 Å². The maximum Gasteiger partial charge on any atom is 0.227 e. The second-order valence-corrected chi connectivity index (χ2v) is 6.21. The molecular weight excluding hydrogens is 260 g/mol. The molecule has 2 aliphatic heterocycles. The number of nitrogens with one attached hydrogen (secondary N) is 1. The Morgan fingerprint density at radius 3 is 3.11 bits per heavy atom. The van der Waals surface area contributed by atoms with Crippen molar-refractivity contribution in [2.24, 2.45) is 5.92 Å². The van der Waals surface area contributed by atoms with Crippen molar-refractivity contribution in [3.05, 3.63) is 22.4 Å². The minimum atomic E-state index is 0.0355. The molecule has 1 amide bonds. The number of carbonyl (C=O) groups is 1. The number of morpholine rings is 1. The van der Waals surface area contributed by atoms with E-state index in [1.54, 1.807) is 11.3 Å². The molecule has 3 rings (SSSR count). The van der Waals surface area contributed by atoms with Crippen molar-refractivity contribution < 1.29 is 9.53 Å².